The predicted octanol–water partition coefficient (Wildman–Crippen LogP) is 2.68. The monoisotopic (exact) mass is 290 g/mol. The normalized spacial score (nSPS) is 21.1. The number of benzene rings is 1. The fraction of sp³-hybridized carbons (Fsp3) is 0.467. The Bertz CT molecular complexity index is 581. The molecule has 20 heavy (non-hydrogen) atoms. The summed E-state index contributed by atoms with van der Waals surface area (Å²) in [6, 6.07) is 8.66. The summed E-state index contributed by atoms with van der Waals surface area (Å²) in [5, 5.41) is 7.89. The highest BCUT2D eigenvalue weighted by atomic mass is 35.5. The summed E-state index contributed by atoms with van der Waals surface area (Å²) in [4.78, 5) is 4.32. The maximum absolute atomic E-state index is 6.48. The van der Waals surface area contributed by atoms with Crippen LogP contribution < -0.4 is 5.32 Å². The molecule has 0 saturated heterocycles. The van der Waals surface area contributed by atoms with E-state index in [9.17, 15) is 0 Å². The van der Waals surface area contributed by atoms with E-state index in [-0.39, 0.29) is 11.4 Å². The quantitative estimate of drug-likeness (QED) is 0.861. The summed E-state index contributed by atoms with van der Waals surface area (Å²) in [6.45, 7) is 3.74. The molecule has 2 atom stereocenters. The van der Waals surface area contributed by atoms with Crippen LogP contribution in [0.1, 0.15) is 36.3 Å². The Kier molecular flexibility index (Phi) is 4.03. The van der Waals surface area contributed by atoms with Crippen molar-refractivity contribution in [3.05, 3.63) is 47.5 Å². The molecular formula is C15H19ClN4. The summed E-state index contributed by atoms with van der Waals surface area (Å²) in [5.41, 5.74) is 2.66. The van der Waals surface area contributed by atoms with Gasteiger partial charge < -0.3 is 5.32 Å². The largest absolute Gasteiger partial charge is 0.302 e. The van der Waals surface area contributed by atoms with Gasteiger partial charge in [0.2, 0.25) is 0 Å². The number of fused-ring (bicyclic) bond motifs is 1. The second-order valence-electron chi connectivity index (χ2n) is 5.18. The molecule has 106 valence electrons. The molecule has 0 amide bonds. The van der Waals surface area contributed by atoms with Crippen LogP contribution in [0.25, 0.3) is 0 Å². The van der Waals surface area contributed by atoms with E-state index in [1.54, 1.807) is 6.33 Å². The summed E-state index contributed by atoms with van der Waals surface area (Å²) in [5.74, 6) is 0.972. The number of nitrogens with zero attached hydrogens (tertiary/aromatic N) is 3. The smallest absolute Gasteiger partial charge is 0.140 e. The van der Waals surface area contributed by atoms with Crippen LogP contribution in [0.2, 0.25) is 0 Å². The van der Waals surface area contributed by atoms with Gasteiger partial charge in [0.25, 0.3) is 0 Å². The van der Waals surface area contributed by atoms with Crippen LogP contribution in [-0.2, 0) is 19.5 Å². The molecule has 1 aromatic heterocycles. The zero-order valence-corrected chi connectivity index (χ0v) is 12.3. The lowest BCUT2D eigenvalue weighted by Gasteiger charge is -2.17. The Labute approximate surface area is 124 Å². The molecule has 4 nitrogen and oxygen atoms in total. The average Bonchev–Trinajstić information content (AvgIpc) is 3.01. The Hall–Kier alpha value is -1.39. The van der Waals surface area contributed by atoms with Gasteiger partial charge in [-0.05, 0) is 24.0 Å². The maximum Gasteiger partial charge on any atom is 0.140 e. The van der Waals surface area contributed by atoms with Gasteiger partial charge in [-0.15, -0.1) is 11.6 Å². The molecular weight excluding hydrogens is 272 g/mol. The van der Waals surface area contributed by atoms with Crippen molar-refractivity contribution in [1.82, 2.24) is 20.1 Å². The number of halogens is 1. The molecule has 2 aromatic rings. The molecule has 3 rings (SSSR count). The molecule has 1 aliphatic rings. The highest BCUT2D eigenvalue weighted by Gasteiger charge is 2.30. The van der Waals surface area contributed by atoms with Gasteiger partial charge in [-0.25, -0.2) is 9.67 Å². The van der Waals surface area contributed by atoms with Gasteiger partial charge in [0.15, 0.2) is 0 Å². The molecule has 0 spiro atoms. The zero-order chi connectivity index (χ0) is 13.9. The lowest BCUT2D eigenvalue weighted by molar-refractivity contribution is 0.491. The summed E-state index contributed by atoms with van der Waals surface area (Å²) in [6.07, 6.45) is 3.60. The highest BCUT2D eigenvalue weighted by molar-refractivity contribution is 6.21. The van der Waals surface area contributed by atoms with Crippen molar-refractivity contribution in [2.45, 2.75) is 44.3 Å². The SMILES string of the molecule is CCCn1ncnc1CNC1c2ccccc2CC1Cl. The predicted molar refractivity (Wildman–Crippen MR) is 79.7 cm³/mol. The molecule has 0 saturated carbocycles. The first-order valence-corrected chi connectivity index (χ1v) is 7.55. The van der Waals surface area contributed by atoms with E-state index in [2.05, 4.69) is 46.6 Å². The van der Waals surface area contributed by atoms with Crippen molar-refractivity contribution in [3.63, 3.8) is 0 Å². The van der Waals surface area contributed by atoms with Crippen LogP contribution >= 0.6 is 11.6 Å². The van der Waals surface area contributed by atoms with Gasteiger partial charge in [-0.2, -0.15) is 5.10 Å². The summed E-state index contributed by atoms with van der Waals surface area (Å²) >= 11 is 6.48. The number of nitrogens with one attached hydrogen (secondary N) is 1. The van der Waals surface area contributed by atoms with E-state index in [4.69, 9.17) is 11.6 Å². The standard InChI is InChI=1S/C15H19ClN4/c1-2-7-20-14(18-10-19-20)9-17-15-12-6-4-3-5-11(12)8-13(15)16/h3-6,10,13,15,17H,2,7-9H2,1H3. The molecule has 5 heteroatoms. The second kappa shape index (κ2) is 5.94. The van der Waals surface area contributed by atoms with Gasteiger partial charge in [-0.1, -0.05) is 31.2 Å². The minimum atomic E-state index is 0.106. The van der Waals surface area contributed by atoms with Crippen LogP contribution in [-0.4, -0.2) is 20.1 Å². The number of alkyl halides is 1. The van der Waals surface area contributed by atoms with Crippen LogP contribution in [0.5, 0.6) is 0 Å². The molecule has 1 aromatic carbocycles. The van der Waals surface area contributed by atoms with E-state index in [0.29, 0.717) is 6.54 Å². The number of aromatic nitrogens is 3. The third-order valence-corrected chi connectivity index (χ3v) is 4.18. The van der Waals surface area contributed by atoms with E-state index >= 15 is 0 Å². The third kappa shape index (κ3) is 2.58. The number of aryl methyl sites for hydroxylation is 1. The van der Waals surface area contributed by atoms with Crippen LogP contribution in [0, 0.1) is 0 Å². The molecule has 0 fully saturated rings. The topological polar surface area (TPSA) is 42.7 Å². The molecule has 2 unspecified atom stereocenters. The molecule has 0 aliphatic heterocycles. The van der Waals surface area contributed by atoms with Crippen molar-refractivity contribution in [2.75, 3.05) is 0 Å². The molecule has 0 radical (unpaired) electrons. The van der Waals surface area contributed by atoms with Gasteiger partial charge >= 0.3 is 0 Å². The minimum Gasteiger partial charge on any atom is -0.302 e. The second-order valence-corrected chi connectivity index (χ2v) is 5.74. The Morgan fingerprint density at radius 1 is 1.40 bits per heavy atom. The van der Waals surface area contributed by atoms with E-state index in [0.717, 1.165) is 25.2 Å². The van der Waals surface area contributed by atoms with Crippen molar-refractivity contribution in [3.8, 4) is 0 Å². The number of hydrogen-bond donors (Lipinski definition) is 1. The first-order valence-electron chi connectivity index (χ1n) is 7.11. The lowest BCUT2D eigenvalue weighted by Crippen LogP contribution is -2.27. The van der Waals surface area contributed by atoms with E-state index in [1.165, 1.54) is 11.1 Å². The van der Waals surface area contributed by atoms with Gasteiger partial charge in [0.05, 0.1) is 11.9 Å². The Morgan fingerprint density at radius 2 is 2.25 bits per heavy atom. The van der Waals surface area contributed by atoms with Crippen LogP contribution in [0.15, 0.2) is 30.6 Å². The Balaban J connectivity index is 1.71. The van der Waals surface area contributed by atoms with E-state index in [1.807, 2.05) is 4.68 Å². The van der Waals surface area contributed by atoms with Gasteiger partial charge in [0, 0.05) is 12.6 Å². The Morgan fingerprint density at radius 3 is 3.10 bits per heavy atom. The van der Waals surface area contributed by atoms with Crippen molar-refractivity contribution in [1.29, 1.82) is 0 Å². The fourth-order valence-corrected chi connectivity index (χ4v) is 3.20. The first-order chi connectivity index (χ1) is 9.79. The maximum atomic E-state index is 6.48. The summed E-state index contributed by atoms with van der Waals surface area (Å²) < 4.78 is 1.96. The third-order valence-electron chi connectivity index (χ3n) is 3.78. The zero-order valence-electron chi connectivity index (χ0n) is 11.6. The molecule has 1 N–H and O–H groups in total. The fourth-order valence-electron chi connectivity index (χ4n) is 2.81. The average molecular weight is 291 g/mol. The highest BCUT2D eigenvalue weighted by Crippen LogP contribution is 2.34. The van der Waals surface area contributed by atoms with Gasteiger partial charge in [-0.3, -0.25) is 0 Å². The van der Waals surface area contributed by atoms with Gasteiger partial charge in [0.1, 0.15) is 12.2 Å². The number of rotatable bonds is 5. The number of hydrogen-bond acceptors (Lipinski definition) is 3. The minimum absolute atomic E-state index is 0.106. The molecule has 1 heterocycles. The van der Waals surface area contributed by atoms with Crippen molar-refractivity contribution >= 4 is 11.6 Å². The molecule has 1 aliphatic carbocycles. The van der Waals surface area contributed by atoms with Crippen molar-refractivity contribution in [2.24, 2.45) is 0 Å². The lowest BCUT2D eigenvalue weighted by atomic mass is 10.1. The van der Waals surface area contributed by atoms with Crippen molar-refractivity contribution < 1.29 is 0 Å². The van der Waals surface area contributed by atoms with E-state index < -0.39 is 0 Å². The molecule has 0 bridgehead atoms. The van der Waals surface area contributed by atoms with Crippen LogP contribution in [0.4, 0.5) is 0 Å². The first kappa shape index (κ1) is 13.6. The summed E-state index contributed by atoms with van der Waals surface area (Å²) in [7, 11) is 0. The van der Waals surface area contributed by atoms with Crippen LogP contribution in [0.3, 0.4) is 0 Å².